The maximum atomic E-state index is 5.52. The third-order valence-electron chi connectivity index (χ3n) is 2.46. The maximum absolute atomic E-state index is 5.52. The fourth-order valence-electron chi connectivity index (χ4n) is 1.63. The van der Waals surface area contributed by atoms with Crippen LogP contribution in [0.4, 0.5) is 0 Å². The lowest BCUT2D eigenvalue weighted by molar-refractivity contribution is 0.176. The molecule has 3 aromatic heterocycles. The van der Waals surface area contributed by atoms with Gasteiger partial charge in [0.2, 0.25) is 4.96 Å². The molecule has 0 spiro atoms. The van der Waals surface area contributed by atoms with Crippen molar-refractivity contribution in [1.29, 1.82) is 0 Å². The molecule has 9 heteroatoms. The molecular weight excluding hydrogens is 284 g/mol. The van der Waals surface area contributed by atoms with Crippen molar-refractivity contribution in [3.8, 4) is 10.7 Å². The van der Waals surface area contributed by atoms with Gasteiger partial charge in [-0.15, -0.1) is 21.5 Å². The van der Waals surface area contributed by atoms with E-state index >= 15 is 0 Å². The number of methoxy groups -OCH3 is 1. The molecule has 0 aliphatic heterocycles. The van der Waals surface area contributed by atoms with Gasteiger partial charge < -0.3 is 10.5 Å². The van der Waals surface area contributed by atoms with Crippen molar-refractivity contribution in [3.63, 3.8) is 0 Å². The minimum atomic E-state index is 0.389. The number of thiazole rings is 1. The summed E-state index contributed by atoms with van der Waals surface area (Å²) in [6.07, 6.45) is 0.795. The first-order valence-electron chi connectivity index (χ1n) is 5.66. The van der Waals surface area contributed by atoms with E-state index in [1.165, 1.54) is 11.3 Å². The molecule has 0 aromatic carbocycles. The Bertz CT molecular complexity index is 687. The second kappa shape index (κ2) is 5.29. The quantitative estimate of drug-likeness (QED) is 0.754. The van der Waals surface area contributed by atoms with Crippen LogP contribution in [0, 0.1) is 0 Å². The van der Waals surface area contributed by atoms with Crippen LogP contribution in [0.2, 0.25) is 0 Å². The van der Waals surface area contributed by atoms with E-state index < -0.39 is 0 Å². The molecule has 0 saturated carbocycles. The van der Waals surface area contributed by atoms with Crippen LogP contribution >= 0.6 is 22.7 Å². The minimum Gasteiger partial charge on any atom is -0.377 e. The van der Waals surface area contributed by atoms with Gasteiger partial charge in [0.05, 0.1) is 5.01 Å². The molecule has 0 amide bonds. The molecule has 19 heavy (non-hydrogen) atoms. The first-order valence-corrected chi connectivity index (χ1v) is 7.36. The maximum Gasteiger partial charge on any atom is 0.235 e. The monoisotopic (exact) mass is 296 g/mol. The molecule has 2 N–H and O–H groups in total. The van der Waals surface area contributed by atoms with Crippen LogP contribution in [0.25, 0.3) is 15.7 Å². The Kier molecular flexibility index (Phi) is 3.51. The van der Waals surface area contributed by atoms with Gasteiger partial charge in [-0.25, -0.2) is 4.98 Å². The fraction of sp³-hybridized carbons (Fsp3) is 0.400. The van der Waals surface area contributed by atoms with Gasteiger partial charge in [-0.05, 0) is 6.54 Å². The minimum absolute atomic E-state index is 0.389. The number of nitrogens with zero attached hydrogens (tertiary/aromatic N) is 5. The van der Waals surface area contributed by atoms with Gasteiger partial charge >= 0.3 is 0 Å². The summed E-state index contributed by atoms with van der Waals surface area (Å²) in [6.45, 7) is 0.996. The largest absolute Gasteiger partial charge is 0.377 e. The Balaban J connectivity index is 1.95. The van der Waals surface area contributed by atoms with Crippen molar-refractivity contribution >= 4 is 27.6 Å². The van der Waals surface area contributed by atoms with Crippen molar-refractivity contribution in [1.82, 2.24) is 24.8 Å². The molecule has 0 atom stereocenters. The Hall–Kier alpha value is -1.42. The van der Waals surface area contributed by atoms with Crippen molar-refractivity contribution in [3.05, 3.63) is 16.2 Å². The SMILES string of the molecule is COCc1nnc2sc(-c3csc(CCN)n3)nn12. The molecule has 0 aliphatic carbocycles. The number of rotatable bonds is 5. The lowest BCUT2D eigenvalue weighted by Crippen LogP contribution is -2.02. The van der Waals surface area contributed by atoms with E-state index in [0.717, 1.165) is 27.1 Å². The number of hydrogen-bond donors (Lipinski definition) is 1. The van der Waals surface area contributed by atoms with Crippen molar-refractivity contribution in [2.45, 2.75) is 13.0 Å². The summed E-state index contributed by atoms with van der Waals surface area (Å²) in [4.78, 5) is 5.26. The van der Waals surface area contributed by atoms with Gasteiger partial charge in [0.15, 0.2) is 10.8 Å². The van der Waals surface area contributed by atoms with Gasteiger partial charge in [0.1, 0.15) is 12.3 Å². The summed E-state index contributed by atoms with van der Waals surface area (Å²) in [7, 11) is 1.62. The Morgan fingerprint density at radius 3 is 3.11 bits per heavy atom. The van der Waals surface area contributed by atoms with Crippen molar-refractivity contribution in [2.24, 2.45) is 5.73 Å². The molecule has 7 nitrogen and oxygen atoms in total. The van der Waals surface area contributed by atoms with E-state index in [1.807, 2.05) is 5.38 Å². The second-order valence-electron chi connectivity index (χ2n) is 3.82. The number of nitrogens with two attached hydrogens (primary N) is 1. The van der Waals surface area contributed by atoms with Crippen LogP contribution in [-0.4, -0.2) is 38.4 Å². The van der Waals surface area contributed by atoms with Gasteiger partial charge in [-0.1, -0.05) is 11.3 Å². The standard InChI is InChI=1S/C10H12N6OS2/c1-17-4-7-13-14-10-16(7)15-9(19-10)6-5-18-8(12-6)2-3-11/h5H,2-4,11H2,1H3. The van der Waals surface area contributed by atoms with Gasteiger partial charge in [0, 0.05) is 18.9 Å². The zero-order valence-corrected chi connectivity index (χ0v) is 11.9. The molecule has 0 fully saturated rings. The highest BCUT2D eigenvalue weighted by molar-refractivity contribution is 7.20. The predicted molar refractivity (Wildman–Crippen MR) is 73.2 cm³/mol. The van der Waals surface area contributed by atoms with Crippen LogP contribution in [0.3, 0.4) is 0 Å². The number of fused-ring (bicyclic) bond motifs is 1. The van der Waals surface area contributed by atoms with E-state index in [-0.39, 0.29) is 0 Å². The van der Waals surface area contributed by atoms with Crippen LogP contribution in [0.15, 0.2) is 5.38 Å². The second-order valence-corrected chi connectivity index (χ2v) is 5.71. The molecule has 0 aliphatic rings. The molecule has 3 rings (SSSR count). The van der Waals surface area contributed by atoms with Gasteiger partial charge in [-0.3, -0.25) is 0 Å². The number of ether oxygens (including phenoxy) is 1. The lowest BCUT2D eigenvalue weighted by Gasteiger charge is -1.92. The molecule has 3 aromatic rings. The molecule has 100 valence electrons. The molecular formula is C10H12N6OS2. The van der Waals surface area contributed by atoms with E-state index in [4.69, 9.17) is 10.5 Å². The molecule has 0 bridgehead atoms. The highest BCUT2D eigenvalue weighted by Gasteiger charge is 2.14. The third kappa shape index (κ3) is 2.37. The number of aromatic nitrogens is 5. The number of hydrogen-bond acceptors (Lipinski definition) is 8. The zero-order valence-electron chi connectivity index (χ0n) is 10.2. The van der Waals surface area contributed by atoms with Crippen LogP contribution in [0.5, 0.6) is 0 Å². The Labute approximate surface area is 117 Å². The topological polar surface area (TPSA) is 91.2 Å². The summed E-state index contributed by atoms with van der Waals surface area (Å²) >= 11 is 3.07. The highest BCUT2D eigenvalue weighted by atomic mass is 32.1. The fourth-order valence-corrected chi connectivity index (χ4v) is 3.32. The van der Waals surface area contributed by atoms with Gasteiger partial charge in [0.25, 0.3) is 0 Å². The van der Waals surface area contributed by atoms with Gasteiger partial charge in [-0.2, -0.15) is 9.61 Å². The van der Waals surface area contributed by atoms with Crippen LogP contribution in [0.1, 0.15) is 10.8 Å². The summed E-state index contributed by atoms with van der Waals surface area (Å²) in [6, 6.07) is 0. The summed E-state index contributed by atoms with van der Waals surface area (Å²) in [5, 5.41) is 16.4. The van der Waals surface area contributed by atoms with E-state index in [2.05, 4.69) is 20.3 Å². The first-order chi connectivity index (χ1) is 9.31. The normalized spacial score (nSPS) is 11.5. The summed E-state index contributed by atoms with van der Waals surface area (Å²) < 4.78 is 6.76. The molecule has 3 heterocycles. The summed E-state index contributed by atoms with van der Waals surface area (Å²) in [5.74, 6) is 0.692. The smallest absolute Gasteiger partial charge is 0.235 e. The lowest BCUT2D eigenvalue weighted by atomic mass is 10.4. The van der Waals surface area contributed by atoms with E-state index in [0.29, 0.717) is 19.0 Å². The van der Waals surface area contributed by atoms with Crippen molar-refractivity contribution < 1.29 is 4.74 Å². The van der Waals surface area contributed by atoms with E-state index in [1.54, 1.807) is 23.0 Å². The first kappa shape index (κ1) is 12.6. The average Bonchev–Trinajstić information content (AvgIpc) is 3.06. The Morgan fingerprint density at radius 2 is 2.32 bits per heavy atom. The van der Waals surface area contributed by atoms with Crippen LogP contribution < -0.4 is 5.73 Å². The zero-order chi connectivity index (χ0) is 13.2. The highest BCUT2D eigenvalue weighted by Crippen LogP contribution is 2.26. The average molecular weight is 296 g/mol. The third-order valence-corrected chi connectivity index (χ3v) is 4.29. The van der Waals surface area contributed by atoms with Crippen molar-refractivity contribution in [2.75, 3.05) is 13.7 Å². The Morgan fingerprint density at radius 1 is 1.42 bits per heavy atom. The molecule has 0 unspecified atom stereocenters. The van der Waals surface area contributed by atoms with Crippen LogP contribution in [-0.2, 0) is 17.8 Å². The predicted octanol–water partition coefficient (Wildman–Crippen LogP) is 0.957. The van der Waals surface area contributed by atoms with E-state index in [9.17, 15) is 0 Å². The molecule has 0 saturated heterocycles. The molecule has 0 radical (unpaired) electrons. The summed E-state index contributed by atoms with van der Waals surface area (Å²) in [5.41, 5.74) is 6.39.